The lowest BCUT2D eigenvalue weighted by atomic mass is 10.2. The molecule has 1 amide bonds. The summed E-state index contributed by atoms with van der Waals surface area (Å²) in [7, 11) is 0. The largest absolute Gasteiger partial charge is 0.339 e. The summed E-state index contributed by atoms with van der Waals surface area (Å²) in [4.78, 5) is 12.7. The molecule has 0 aliphatic heterocycles. The topological polar surface area (TPSA) is 84.7 Å². The number of aromatic nitrogens is 4. The van der Waals surface area contributed by atoms with Crippen molar-refractivity contribution in [1.29, 1.82) is 0 Å². The minimum Gasteiger partial charge on any atom is -0.339 e. The highest BCUT2D eigenvalue weighted by Gasteiger charge is 2.15. The summed E-state index contributed by atoms with van der Waals surface area (Å²) in [6.45, 7) is 0. The number of halogens is 2. The van der Waals surface area contributed by atoms with E-state index < -0.39 is 11.7 Å². The molecule has 2 heterocycles. The Balaban J connectivity index is 1.40. The molecule has 2 N–H and O–H groups in total. The molecule has 0 saturated heterocycles. The van der Waals surface area contributed by atoms with E-state index in [1.807, 2.05) is 0 Å². The fourth-order valence-corrected chi connectivity index (χ4v) is 3.39. The van der Waals surface area contributed by atoms with Crippen molar-refractivity contribution in [3.05, 3.63) is 84.7 Å². The highest BCUT2D eigenvalue weighted by molar-refractivity contribution is 7.99. The monoisotopic (exact) mass is 438 g/mol. The Morgan fingerprint density at radius 2 is 1.71 bits per heavy atom. The first-order valence-electron chi connectivity index (χ1n) is 9.14. The summed E-state index contributed by atoms with van der Waals surface area (Å²) in [5.41, 5.74) is 1.47. The van der Waals surface area contributed by atoms with Crippen molar-refractivity contribution >= 4 is 34.9 Å². The van der Waals surface area contributed by atoms with Gasteiger partial charge in [0.1, 0.15) is 0 Å². The lowest BCUT2D eigenvalue weighted by molar-refractivity contribution is 0.102. The molecular formula is C21H16F2N6OS. The van der Waals surface area contributed by atoms with Crippen molar-refractivity contribution in [3.63, 3.8) is 0 Å². The van der Waals surface area contributed by atoms with Crippen LogP contribution in [-0.4, -0.2) is 31.6 Å². The molecule has 0 bridgehead atoms. The van der Waals surface area contributed by atoms with Crippen molar-refractivity contribution < 1.29 is 13.6 Å². The van der Waals surface area contributed by atoms with Crippen LogP contribution in [0.2, 0.25) is 0 Å². The number of benzene rings is 2. The number of nitrogens with one attached hydrogen (secondary N) is 2. The highest BCUT2D eigenvalue weighted by Crippen LogP contribution is 2.29. The zero-order chi connectivity index (χ0) is 21.6. The first-order chi connectivity index (χ1) is 15.1. The van der Waals surface area contributed by atoms with Crippen molar-refractivity contribution in [2.75, 3.05) is 10.6 Å². The average Bonchev–Trinajstić information content (AvgIpc) is 3.30. The van der Waals surface area contributed by atoms with Crippen molar-refractivity contribution in [2.45, 2.75) is 10.7 Å². The van der Waals surface area contributed by atoms with Crippen LogP contribution in [0.5, 0.6) is 0 Å². The van der Waals surface area contributed by atoms with Gasteiger partial charge in [0.2, 0.25) is 0 Å². The van der Waals surface area contributed by atoms with Crippen molar-refractivity contribution in [3.8, 4) is 5.82 Å². The molecule has 0 aliphatic carbocycles. The van der Waals surface area contributed by atoms with Gasteiger partial charge in [-0.1, -0.05) is 23.9 Å². The second-order valence-corrected chi connectivity index (χ2v) is 7.29. The molecule has 0 atom stereocenters. The third-order valence-corrected chi connectivity index (χ3v) is 4.94. The minimum atomic E-state index is -2.60. The van der Waals surface area contributed by atoms with Gasteiger partial charge in [0.05, 0.1) is 5.56 Å². The van der Waals surface area contributed by atoms with Gasteiger partial charge in [-0.15, -0.1) is 10.2 Å². The molecule has 0 spiro atoms. The highest BCUT2D eigenvalue weighted by atomic mass is 32.2. The van der Waals surface area contributed by atoms with E-state index in [0.717, 1.165) is 5.69 Å². The summed E-state index contributed by atoms with van der Waals surface area (Å²) < 4.78 is 27.0. The van der Waals surface area contributed by atoms with Crippen LogP contribution in [0.25, 0.3) is 5.82 Å². The maximum atomic E-state index is 12.7. The number of alkyl halides is 2. The normalized spacial score (nSPS) is 10.8. The Bertz CT molecular complexity index is 1150. The van der Waals surface area contributed by atoms with Gasteiger partial charge >= 0.3 is 0 Å². The molecule has 156 valence electrons. The van der Waals surface area contributed by atoms with Crippen molar-refractivity contribution in [1.82, 2.24) is 20.0 Å². The molecule has 0 aliphatic rings. The van der Waals surface area contributed by atoms with E-state index in [1.54, 1.807) is 71.7 Å². The van der Waals surface area contributed by atoms with Crippen LogP contribution < -0.4 is 10.6 Å². The van der Waals surface area contributed by atoms with E-state index in [2.05, 4.69) is 25.9 Å². The molecule has 0 radical (unpaired) electrons. The lowest BCUT2D eigenvalue weighted by Crippen LogP contribution is -2.13. The van der Waals surface area contributed by atoms with Crippen LogP contribution in [0.4, 0.5) is 26.0 Å². The van der Waals surface area contributed by atoms with Gasteiger partial charge in [-0.2, -0.15) is 13.9 Å². The van der Waals surface area contributed by atoms with Gasteiger partial charge in [-0.3, -0.25) is 4.79 Å². The third-order valence-electron chi connectivity index (χ3n) is 4.15. The molecule has 0 fully saturated rings. The number of hydrogen-bond acceptors (Lipinski definition) is 6. The molecule has 4 rings (SSSR count). The van der Waals surface area contributed by atoms with Crippen LogP contribution in [0.1, 0.15) is 10.4 Å². The second-order valence-electron chi connectivity index (χ2n) is 6.26. The number of amides is 1. The molecule has 31 heavy (non-hydrogen) atoms. The van der Waals surface area contributed by atoms with Crippen molar-refractivity contribution in [2.24, 2.45) is 0 Å². The van der Waals surface area contributed by atoms with Gasteiger partial charge in [-0.05, 0) is 54.6 Å². The second kappa shape index (κ2) is 9.35. The zero-order valence-corrected chi connectivity index (χ0v) is 16.8. The average molecular weight is 438 g/mol. The minimum absolute atomic E-state index is 0.197. The van der Waals surface area contributed by atoms with E-state index in [4.69, 9.17) is 0 Å². The molecule has 0 unspecified atom stereocenters. The molecule has 4 aromatic rings. The fraction of sp³-hybridized carbons (Fsp3) is 0.0476. The fourth-order valence-electron chi connectivity index (χ4n) is 2.75. The molecular weight excluding hydrogens is 422 g/mol. The number of nitrogens with zero attached hydrogens (tertiary/aromatic N) is 4. The van der Waals surface area contributed by atoms with E-state index >= 15 is 0 Å². The number of carbonyl (C=O) groups excluding carboxylic acids is 1. The van der Waals surface area contributed by atoms with Gasteiger partial charge in [-0.25, -0.2) is 4.68 Å². The van der Waals surface area contributed by atoms with Crippen LogP contribution in [0, 0.1) is 0 Å². The van der Waals surface area contributed by atoms with E-state index in [9.17, 15) is 13.6 Å². The Morgan fingerprint density at radius 3 is 2.39 bits per heavy atom. The van der Waals surface area contributed by atoms with E-state index in [-0.39, 0.29) is 10.5 Å². The SMILES string of the molecule is O=C(Nc1ccc(Nc2ccc(-n3cccn3)nn2)cc1)c1ccccc1SC(F)F. The number of hydrogen-bond donors (Lipinski definition) is 2. The van der Waals surface area contributed by atoms with Crippen LogP contribution in [-0.2, 0) is 0 Å². The smallest absolute Gasteiger partial charge is 0.288 e. The first kappa shape index (κ1) is 20.5. The molecule has 7 nitrogen and oxygen atoms in total. The Kier molecular flexibility index (Phi) is 6.18. The maximum absolute atomic E-state index is 12.7. The lowest BCUT2D eigenvalue weighted by Gasteiger charge is -2.10. The first-order valence-corrected chi connectivity index (χ1v) is 10.0. The molecule has 0 saturated carbocycles. The predicted molar refractivity (Wildman–Crippen MR) is 115 cm³/mol. The standard InChI is InChI=1S/C21H16F2N6OS/c22-21(23)31-17-5-2-1-4-16(17)20(30)26-15-8-6-14(7-9-15)25-18-10-11-19(28-27-18)29-13-3-12-24-29/h1-13,21H,(H,25,27)(H,26,30). The molecule has 2 aromatic heterocycles. The summed E-state index contributed by atoms with van der Waals surface area (Å²) >= 11 is 0.345. The van der Waals surface area contributed by atoms with Gasteiger partial charge in [0, 0.05) is 28.7 Å². The number of carbonyl (C=O) groups is 1. The molecule has 10 heteroatoms. The van der Waals surface area contributed by atoms with Gasteiger partial charge in [0.15, 0.2) is 11.6 Å². The quantitative estimate of drug-likeness (QED) is 0.396. The Hall–Kier alpha value is -3.79. The summed E-state index contributed by atoms with van der Waals surface area (Å²) in [6, 6.07) is 18.6. The van der Waals surface area contributed by atoms with Gasteiger partial charge < -0.3 is 10.6 Å². The number of rotatable bonds is 7. The predicted octanol–water partition coefficient (Wildman–Crippen LogP) is 4.97. The summed E-state index contributed by atoms with van der Waals surface area (Å²) in [5.74, 6) is -1.91. The van der Waals surface area contributed by atoms with Crippen LogP contribution in [0.15, 0.2) is 84.0 Å². The Morgan fingerprint density at radius 1 is 0.935 bits per heavy atom. The third kappa shape index (κ3) is 5.23. The van der Waals surface area contributed by atoms with E-state index in [0.29, 0.717) is 29.1 Å². The van der Waals surface area contributed by atoms with Crippen LogP contribution in [0.3, 0.4) is 0 Å². The molecule has 2 aromatic carbocycles. The van der Waals surface area contributed by atoms with Crippen LogP contribution >= 0.6 is 11.8 Å². The maximum Gasteiger partial charge on any atom is 0.288 e. The van der Waals surface area contributed by atoms with E-state index in [1.165, 1.54) is 12.1 Å². The number of thioether (sulfide) groups is 1. The summed E-state index contributed by atoms with van der Waals surface area (Å²) in [5, 5.41) is 18.2. The van der Waals surface area contributed by atoms with Gasteiger partial charge in [0.25, 0.3) is 11.7 Å². The zero-order valence-electron chi connectivity index (χ0n) is 15.9. The summed E-state index contributed by atoms with van der Waals surface area (Å²) in [6.07, 6.45) is 3.43. The number of anilines is 3. The Labute approximate surface area is 180 Å².